The molecule has 0 unspecified atom stereocenters. The predicted molar refractivity (Wildman–Crippen MR) is 70.1 cm³/mol. The standard InChI is InChI=1S/C14H24N2O/c1-5-8-11-15-14(9-6-7-10-14)12(17)16(11)13(2,3)4/h5-10H2,1-4H3. The molecule has 17 heavy (non-hydrogen) atoms. The Balaban J connectivity index is 2.34. The number of amidine groups is 1. The first-order valence-electron chi connectivity index (χ1n) is 6.84. The van der Waals surface area contributed by atoms with E-state index in [0.29, 0.717) is 0 Å². The normalized spacial score (nSPS) is 23.6. The third-order valence-corrected chi connectivity index (χ3v) is 3.78. The number of aliphatic imine (C=N–C) groups is 1. The predicted octanol–water partition coefficient (Wildman–Crippen LogP) is 3.14. The quantitative estimate of drug-likeness (QED) is 0.725. The van der Waals surface area contributed by atoms with Crippen molar-refractivity contribution in [1.29, 1.82) is 0 Å². The molecule has 3 nitrogen and oxygen atoms in total. The van der Waals surface area contributed by atoms with Gasteiger partial charge < -0.3 is 0 Å². The fourth-order valence-corrected chi connectivity index (χ4v) is 3.04. The van der Waals surface area contributed by atoms with Crippen molar-refractivity contribution >= 4 is 11.7 Å². The molecule has 1 spiro atoms. The maximum atomic E-state index is 12.7. The summed E-state index contributed by atoms with van der Waals surface area (Å²) in [5.41, 5.74) is -0.519. The van der Waals surface area contributed by atoms with Crippen LogP contribution in [0.3, 0.4) is 0 Å². The Morgan fingerprint density at radius 2 is 1.88 bits per heavy atom. The number of carbonyl (C=O) groups is 1. The van der Waals surface area contributed by atoms with Gasteiger partial charge in [-0.3, -0.25) is 14.7 Å². The first kappa shape index (κ1) is 12.6. The van der Waals surface area contributed by atoms with Gasteiger partial charge >= 0.3 is 0 Å². The first-order valence-corrected chi connectivity index (χ1v) is 6.84. The van der Waals surface area contributed by atoms with E-state index in [1.165, 1.54) is 0 Å². The molecule has 0 saturated heterocycles. The Bertz CT molecular complexity index is 346. The van der Waals surface area contributed by atoms with Crippen LogP contribution in [-0.4, -0.2) is 27.7 Å². The minimum absolute atomic E-state index is 0.142. The molecule has 1 saturated carbocycles. The molecule has 0 radical (unpaired) electrons. The number of amides is 1. The molecular formula is C14H24N2O. The summed E-state index contributed by atoms with van der Waals surface area (Å²) in [7, 11) is 0. The molecule has 1 fully saturated rings. The maximum absolute atomic E-state index is 12.7. The molecule has 1 heterocycles. The zero-order valence-electron chi connectivity index (χ0n) is 11.5. The summed E-state index contributed by atoms with van der Waals surface area (Å²) >= 11 is 0. The van der Waals surface area contributed by atoms with Crippen LogP contribution in [0.15, 0.2) is 4.99 Å². The Kier molecular flexibility index (Phi) is 3.04. The molecule has 1 aliphatic heterocycles. The highest BCUT2D eigenvalue weighted by molar-refractivity contribution is 6.09. The lowest BCUT2D eigenvalue weighted by molar-refractivity contribution is -0.134. The lowest BCUT2D eigenvalue weighted by Gasteiger charge is -2.34. The molecule has 3 heteroatoms. The zero-order chi connectivity index (χ0) is 12.7. The van der Waals surface area contributed by atoms with Crippen molar-refractivity contribution in [3.63, 3.8) is 0 Å². The average Bonchev–Trinajstić information content (AvgIpc) is 2.75. The molecule has 1 amide bonds. The van der Waals surface area contributed by atoms with Gasteiger partial charge in [-0.25, -0.2) is 0 Å². The molecule has 0 aromatic rings. The van der Waals surface area contributed by atoms with Crippen LogP contribution in [-0.2, 0) is 4.79 Å². The zero-order valence-corrected chi connectivity index (χ0v) is 11.5. The molecule has 2 aliphatic rings. The van der Waals surface area contributed by atoms with Crippen molar-refractivity contribution in [1.82, 2.24) is 4.90 Å². The van der Waals surface area contributed by atoms with Gasteiger partial charge in [0.25, 0.3) is 5.91 Å². The minimum Gasteiger partial charge on any atom is -0.293 e. The van der Waals surface area contributed by atoms with Crippen molar-refractivity contribution in [2.24, 2.45) is 4.99 Å². The number of rotatable bonds is 2. The summed E-state index contributed by atoms with van der Waals surface area (Å²) in [6.07, 6.45) is 6.16. The summed E-state index contributed by atoms with van der Waals surface area (Å²) in [6.45, 7) is 8.45. The first-order chi connectivity index (χ1) is 7.91. The van der Waals surface area contributed by atoms with Crippen LogP contribution < -0.4 is 0 Å². The van der Waals surface area contributed by atoms with Gasteiger partial charge in [0.15, 0.2) is 0 Å². The SMILES string of the molecule is CCCC1=NC2(CCCC2)C(=O)N1C(C)(C)C. The topological polar surface area (TPSA) is 32.7 Å². The second kappa shape index (κ2) is 4.11. The Morgan fingerprint density at radius 1 is 1.29 bits per heavy atom. The Hall–Kier alpha value is -0.860. The molecule has 0 aromatic heterocycles. The van der Waals surface area contributed by atoms with Crippen LogP contribution in [0.4, 0.5) is 0 Å². The molecule has 0 aromatic carbocycles. The monoisotopic (exact) mass is 236 g/mol. The second-order valence-corrected chi connectivity index (χ2v) is 6.33. The molecular weight excluding hydrogens is 212 g/mol. The highest BCUT2D eigenvalue weighted by atomic mass is 16.2. The van der Waals surface area contributed by atoms with E-state index in [9.17, 15) is 4.79 Å². The Labute approximate surface area is 104 Å². The van der Waals surface area contributed by atoms with Gasteiger partial charge in [-0.15, -0.1) is 0 Å². The van der Waals surface area contributed by atoms with Crippen molar-refractivity contribution in [3.05, 3.63) is 0 Å². The average molecular weight is 236 g/mol. The smallest absolute Gasteiger partial charge is 0.256 e. The molecule has 0 atom stereocenters. The largest absolute Gasteiger partial charge is 0.293 e. The number of nitrogens with zero attached hydrogens (tertiary/aromatic N) is 2. The van der Waals surface area contributed by atoms with E-state index in [1.807, 2.05) is 4.90 Å². The van der Waals surface area contributed by atoms with Crippen molar-refractivity contribution in [2.45, 2.75) is 77.3 Å². The van der Waals surface area contributed by atoms with Gasteiger partial charge in [0.2, 0.25) is 0 Å². The van der Waals surface area contributed by atoms with E-state index in [2.05, 4.69) is 27.7 Å². The van der Waals surface area contributed by atoms with Crippen molar-refractivity contribution in [3.8, 4) is 0 Å². The number of hydrogen-bond acceptors (Lipinski definition) is 2. The minimum atomic E-state index is -0.377. The van der Waals surface area contributed by atoms with Gasteiger partial charge in [0, 0.05) is 12.0 Å². The van der Waals surface area contributed by atoms with Crippen LogP contribution in [0.5, 0.6) is 0 Å². The molecule has 2 rings (SSSR count). The summed E-state index contributed by atoms with van der Waals surface area (Å²) < 4.78 is 0. The molecule has 96 valence electrons. The number of carbonyl (C=O) groups excluding carboxylic acids is 1. The van der Waals surface area contributed by atoms with E-state index in [0.717, 1.165) is 44.4 Å². The molecule has 0 bridgehead atoms. The van der Waals surface area contributed by atoms with E-state index < -0.39 is 0 Å². The lowest BCUT2D eigenvalue weighted by atomic mass is 9.95. The summed E-state index contributed by atoms with van der Waals surface area (Å²) in [5, 5.41) is 0. The van der Waals surface area contributed by atoms with Gasteiger partial charge in [0.1, 0.15) is 11.4 Å². The van der Waals surface area contributed by atoms with Crippen LogP contribution in [0, 0.1) is 0 Å². The highest BCUT2D eigenvalue weighted by Gasteiger charge is 2.51. The Morgan fingerprint density at radius 3 is 2.35 bits per heavy atom. The fourth-order valence-electron chi connectivity index (χ4n) is 3.04. The summed E-state index contributed by atoms with van der Waals surface area (Å²) in [4.78, 5) is 19.5. The number of hydrogen-bond donors (Lipinski definition) is 0. The highest BCUT2D eigenvalue weighted by Crippen LogP contribution is 2.41. The molecule has 1 aliphatic carbocycles. The van der Waals surface area contributed by atoms with E-state index in [4.69, 9.17) is 4.99 Å². The van der Waals surface area contributed by atoms with Crippen molar-refractivity contribution < 1.29 is 4.79 Å². The lowest BCUT2D eigenvalue weighted by Crippen LogP contribution is -2.50. The third kappa shape index (κ3) is 2.00. The summed E-state index contributed by atoms with van der Waals surface area (Å²) in [6, 6.07) is 0. The van der Waals surface area contributed by atoms with E-state index >= 15 is 0 Å². The maximum Gasteiger partial charge on any atom is 0.256 e. The van der Waals surface area contributed by atoms with Crippen molar-refractivity contribution in [2.75, 3.05) is 0 Å². The van der Waals surface area contributed by atoms with Crippen LogP contribution >= 0.6 is 0 Å². The second-order valence-electron chi connectivity index (χ2n) is 6.33. The van der Waals surface area contributed by atoms with Gasteiger partial charge in [0.05, 0.1) is 0 Å². The fraction of sp³-hybridized carbons (Fsp3) is 0.857. The summed E-state index contributed by atoms with van der Waals surface area (Å²) in [5.74, 6) is 1.28. The van der Waals surface area contributed by atoms with E-state index in [-0.39, 0.29) is 17.0 Å². The molecule has 0 N–H and O–H groups in total. The van der Waals surface area contributed by atoms with Crippen LogP contribution in [0.2, 0.25) is 0 Å². The van der Waals surface area contributed by atoms with Gasteiger partial charge in [-0.05, 0) is 40.0 Å². The van der Waals surface area contributed by atoms with Gasteiger partial charge in [-0.1, -0.05) is 19.8 Å². The van der Waals surface area contributed by atoms with Crippen LogP contribution in [0.1, 0.15) is 66.2 Å². The van der Waals surface area contributed by atoms with Gasteiger partial charge in [-0.2, -0.15) is 0 Å². The van der Waals surface area contributed by atoms with E-state index in [1.54, 1.807) is 0 Å². The van der Waals surface area contributed by atoms with Crippen LogP contribution in [0.25, 0.3) is 0 Å². The third-order valence-electron chi connectivity index (χ3n) is 3.78.